The maximum Gasteiger partial charge on any atom is 0.135 e. The van der Waals surface area contributed by atoms with E-state index in [1.807, 2.05) is 25.1 Å². The Morgan fingerprint density at radius 1 is 1.32 bits per heavy atom. The predicted molar refractivity (Wildman–Crippen MR) is 86.1 cm³/mol. The molecule has 0 bridgehead atoms. The number of hydrogen-bond donors (Lipinski definition) is 2. The molecule has 3 rings (SSSR count). The minimum Gasteiger partial charge on any atom is -0.491 e. The van der Waals surface area contributed by atoms with Gasteiger partial charge >= 0.3 is 0 Å². The smallest absolute Gasteiger partial charge is 0.135 e. The summed E-state index contributed by atoms with van der Waals surface area (Å²) < 4.78 is 5.44. The summed E-state index contributed by atoms with van der Waals surface area (Å²) in [5.41, 5.74) is 1.89. The number of hydrogen-bond acceptors (Lipinski definition) is 5. The second kappa shape index (κ2) is 6.50. The molecule has 22 heavy (non-hydrogen) atoms. The van der Waals surface area contributed by atoms with Crippen molar-refractivity contribution in [1.82, 2.24) is 9.97 Å². The second-order valence-electron chi connectivity index (χ2n) is 5.39. The predicted octanol–water partition coefficient (Wildman–Crippen LogP) is 3.43. The van der Waals surface area contributed by atoms with Crippen LogP contribution in [0.3, 0.4) is 0 Å². The quantitative estimate of drug-likeness (QED) is 0.798. The Morgan fingerprint density at radius 2 is 2.14 bits per heavy atom. The van der Waals surface area contributed by atoms with Gasteiger partial charge in [-0.05, 0) is 43.5 Å². The largest absolute Gasteiger partial charge is 0.491 e. The van der Waals surface area contributed by atoms with E-state index in [0.29, 0.717) is 23.5 Å². The van der Waals surface area contributed by atoms with E-state index in [1.54, 1.807) is 6.07 Å². The lowest BCUT2D eigenvalue weighted by Gasteiger charge is -2.11. The van der Waals surface area contributed by atoms with Crippen LogP contribution >= 0.6 is 11.6 Å². The van der Waals surface area contributed by atoms with E-state index in [-0.39, 0.29) is 6.61 Å². The van der Waals surface area contributed by atoms with E-state index in [9.17, 15) is 0 Å². The zero-order valence-corrected chi connectivity index (χ0v) is 13.1. The molecule has 0 spiro atoms. The number of nitrogens with zero attached hydrogens (tertiary/aromatic N) is 2. The molecule has 0 aliphatic heterocycles. The van der Waals surface area contributed by atoms with Crippen LogP contribution in [0.2, 0.25) is 5.15 Å². The number of aliphatic hydroxyl groups is 1. The Balaban J connectivity index is 1.76. The van der Waals surface area contributed by atoms with Crippen LogP contribution in [0.5, 0.6) is 5.75 Å². The van der Waals surface area contributed by atoms with Crippen molar-refractivity contribution in [2.75, 3.05) is 18.5 Å². The number of nitrogens with one attached hydrogen (secondary N) is 1. The Hall–Kier alpha value is -1.85. The van der Waals surface area contributed by atoms with Gasteiger partial charge in [0.1, 0.15) is 29.2 Å². The summed E-state index contributed by atoms with van der Waals surface area (Å²) in [7, 11) is 0. The normalized spacial score (nSPS) is 14.0. The standard InChI is InChI=1S/C16H18ClN3O2/c1-10-8-12(4-5-13(10)22-7-6-21)18-15-9-14(17)19-16(20-15)11-2-3-11/h4-5,8-9,11,21H,2-3,6-7H2,1H3,(H,18,19,20). The number of rotatable bonds is 6. The van der Waals surface area contributed by atoms with Crippen molar-refractivity contribution < 1.29 is 9.84 Å². The van der Waals surface area contributed by atoms with Gasteiger partial charge in [0.2, 0.25) is 0 Å². The molecule has 2 aromatic rings. The van der Waals surface area contributed by atoms with Gasteiger partial charge in [-0.2, -0.15) is 0 Å². The van der Waals surface area contributed by atoms with Gasteiger partial charge in [-0.25, -0.2) is 9.97 Å². The molecule has 1 fully saturated rings. The second-order valence-corrected chi connectivity index (χ2v) is 5.77. The molecule has 0 unspecified atom stereocenters. The molecule has 0 amide bonds. The van der Waals surface area contributed by atoms with Crippen molar-refractivity contribution in [2.24, 2.45) is 0 Å². The summed E-state index contributed by atoms with van der Waals surface area (Å²) >= 11 is 6.07. The first kappa shape index (κ1) is 15.1. The van der Waals surface area contributed by atoms with Gasteiger partial charge in [0.05, 0.1) is 6.61 Å². The molecule has 1 aliphatic carbocycles. The van der Waals surface area contributed by atoms with Crippen LogP contribution in [0, 0.1) is 6.92 Å². The molecule has 116 valence electrons. The van der Waals surface area contributed by atoms with Gasteiger partial charge in [0.25, 0.3) is 0 Å². The zero-order chi connectivity index (χ0) is 15.5. The number of ether oxygens (including phenoxy) is 1. The maximum absolute atomic E-state index is 8.81. The fourth-order valence-electron chi connectivity index (χ4n) is 2.22. The molecule has 1 aliphatic rings. The van der Waals surface area contributed by atoms with E-state index in [0.717, 1.165) is 35.7 Å². The van der Waals surface area contributed by atoms with Crippen LogP contribution in [-0.2, 0) is 0 Å². The van der Waals surface area contributed by atoms with Crippen molar-refractivity contribution in [1.29, 1.82) is 0 Å². The average Bonchev–Trinajstić information content (AvgIpc) is 3.30. The SMILES string of the molecule is Cc1cc(Nc2cc(Cl)nc(C3CC3)n2)ccc1OCCO. The van der Waals surface area contributed by atoms with Crippen molar-refractivity contribution in [3.63, 3.8) is 0 Å². The Bertz CT molecular complexity index is 674. The Labute approximate surface area is 134 Å². The summed E-state index contributed by atoms with van der Waals surface area (Å²) in [6.07, 6.45) is 2.27. The number of aryl methyl sites for hydroxylation is 1. The first-order chi connectivity index (χ1) is 10.7. The highest BCUT2D eigenvalue weighted by molar-refractivity contribution is 6.29. The number of aromatic nitrogens is 2. The molecule has 1 saturated carbocycles. The van der Waals surface area contributed by atoms with Gasteiger partial charge < -0.3 is 15.2 Å². The molecule has 0 radical (unpaired) electrons. The fraction of sp³-hybridized carbons (Fsp3) is 0.375. The highest BCUT2D eigenvalue weighted by Crippen LogP contribution is 2.39. The van der Waals surface area contributed by atoms with Crippen LogP contribution in [0.1, 0.15) is 30.1 Å². The van der Waals surface area contributed by atoms with Crippen LogP contribution in [0.4, 0.5) is 11.5 Å². The first-order valence-corrected chi connectivity index (χ1v) is 7.69. The minimum atomic E-state index is 0.00280. The minimum absolute atomic E-state index is 0.00280. The molecular formula is C16H18ClN3O2. The fourth-order valence-corrected chi connectivity index (χ4v) is 2.41. The van der Waals surface area contributed by atoms with Crippen LogP contribution in [-0.4, -0.2) is 28.3 Å². The summed E-state index contributed by atoms with van der Waals surface area (Å²) in [4.78, 5) is 8.80. The highest BCUT2D eigenvalue weighted by atomic mass is 35.5. The molecule has 0 atom stereocenters. The van der Waals surface area contributed by atoms with Crippen LogP contribution in [0.15, 0.2) is 24.3 Å². The molecular weight excluding hydrogens is 302 g/mol. The van der Waals surface area contributed by atoms with E-state index in [4.69, 9.17) is 21.4 Å². The molecule has 2 N–H and O–H groups in total. The molecule has 6 heteroatoms. The molecule has 1 aromatic heterocycles. The number of benzene rings is 1. The van der Waals surface area contributed by atoms with Crippen LogP contribution in [0.25, 0.3) is 0 Å². The Morgan fingerprint density at radius 3 is 2.82 bits per heavy atom. The first-order valence-electron chi connectivity index (χ1n) is 7.31. The van der Waals surface area contributed by atoms with Crippen LogP contribution < -0.4 is 10.1 Å². The molecule has 1 heterocycles. The summed E-state index contributed by atoms with van der Waals surface area (Å²) in [5.74, 6) is 2.73. The molecule has 0 saturated heterocycles. The number of aliphatic hydroxyl groups excluding tert-OH is 1. The van der Waals surface area contributed by atoms with Crippen molar-refractivity contribution in [3.05, 3.63) is 40.8 Å². The third-order valence-electron chi connectivity index (χ3n) is 3.45. The summed E-state index contributed by atoms with van der Waals surface area (Å²) in [5, 5.41) is 12.5. The lowest BCUT2D eigenvalue weighted by Crippen LogP contribution is -2.03. The Kier molecular flexibility index (Phi) is 4.45. The van der Waals surface area contributed by atoms with Gasteiger partial charge in [-0.15, -0.1) is 0 Å². The van der Waals surface area contributed by atoms with Gasteiger partial charge in [-0.1, -0.05) is 11.6 Å². The average molecular weight is 320 g/mol. The van der Waals surface area contributed by atoms with Crippen molar-refractivity contribution in [2.45, 2.75) is 25.7 Å². The number of halogens is 1. The summed E-state index contributed by atoms with van der Waals surface area (Å²) in [6, 6.07) is 7.48. The van der Waals surface area contributed by atoms with E-state index in [2.05, 4.69) is 15.3 Å². The third kappa shape index (κ3) is 3.67. The lowest BCUT2D eigenvalue weighted by molar-refractivity contribution is 0.200. The molecule has 5 nitrogen and oxygen atoms in total. The van der Waals surface area contributed by atoms with Gasteiger partial charge in [-0.3, -0.25) is 0 Å². The van der Waals surface area contributed by atoms with E-state index in [1.165, 1.54) is 0 Å². The monoisotopic (exact) mass is 319 g/mol. The highest BCUT2D eigenvalue weighted by Gasteiger charge is 2.27. The molecule has 1 aromatic carbocycles. The van der Waals surface area contributed by atoms with E-state index >= 15 is 0 Å². The van der Waals surface area contributed by atoms with Crippen molar-refractivity contribution in [3.8, 4) is 5.75 Å². The third-order valence-corrected chi connectivity index (χ3v) is 3.64. The topological polar surface area (TPSA) is 67.3 Å². The maximum atomic E-state index is 8.81. The lowest BCUT2D eigenvalue weighted by atomic mass is 10.2. The number of anilines is 2. The van der Waals surface area contributed by atoms with Gasteiger partial charge in [0.15, 0.2) is 0 Å². The van der Waals surface area contributed by atoms with Gasteiger partial charge in [0, 0.05) is 17.7 Å². The summed E-state index contributed by atoms with van der Waals surface area (Å²) in [6.45, 7) is 2.25. The van der Waals surface area contributed by atoms with Crippen molar-refractivity contribution >= 4 is 23.1 Å². The zero-order valence-electron chi connectivity index (χ0n) is 12.3. The van der Waals surface area contributed by atoms with E-state index < -0.39 is 0 Å².